The molecule has 1 amide bonds. The Bertz CT molecular complexity index is 978. The largest absolute Gasteiger partial charge is 0.497 e. The number of aryl methyl sites for hydroxylation is 1. The maximum atomic E-state index is 12.6. The number of carbonyl (C=O) groups is 1. The summed E-state index contributed by atoms with van der Waals surface area (Å²) >= 11 is 0. The van der Waals surface area contributed by atoms with E-state index >= 15 is 0 Å². The second-order valence-electron chi connectivity index (χ2n) is 6.97. The number of piperazine rings is 1. The molecule has 1 fully saturated rings. The molecule has 0 N–H and O–H groups in total. The van der Waals surface area contributed by atoms with Crippen LogP contribution in [0.2, 0.25) is 0 Å². The highest BCUT2D eigenvalue weighted by Crippen LogP contribution is 2.20. The number of hydrogen-bond donors (Lipinski definition) is 0. The quantitative estimate of drug-likeness (QED) is 0.658. The third kappa shape index (κ3) is 4.43. The summed E-state index contributed by atoms with van der Waals surface area (Å²) in [7, 11) is 1.63. The van der Waals surface area contributed by atoms with E-state index in [1.165, 1.54) is 0 Å². The van der Waals surface area contributed by atoms with Crippen LogP contribution in [0.15, 0.2) is 47.0 Å². The first-order valence-corrected chi connectivity index (χ1v) is 9.54. The summed E-state index contributed by atoms with van der Waals surface area (Å²) in [6, 6.07) is 13.0. The van der Waals surface area contributed by atoms with Crippen LogP contribution in [0, 0.1) is 6.92 Å². The molecule has 1 aliphatic rings. The highest BCUT2D eigenvalue weighted by Gasteiger charge is 2.24. The second-order valence-corrected chi connectivity index (χ2v) is 6.97. The summed E-state index contributed by atoms with van der Waals surface area (Å²) in [6.07, 6.45) is 0. The minimum atomic E-state index is -0.0204. The molecular formula is C21H23N5O3. The van der Waals surface area contributed by atoms with Gasteiger partial charge in [-0.1, -0.05) is 11.2 Å². The molecule has 1 aromatic carbocycles. The van der Waals surface area contributed by atoms with Gasteiger partial charge < -0.3 is 14.2 Å². The number of carbonyl (C=O) groups excluding carboxylic acids is 1. The predicted molar refractivity (Wildman–Crippen MR) is 106 cm³/mol. The van der Waals surface area contributed by atoms with Gasteiger partial charge >= 0.3 is 0 Å². The van der Waals surface area contributed by atoms with Crippen molar-refractivity contribution < 1.29 is 14.1 Å². The molecule has 2 aromatic heterocycles. The standard InChI is InChI=1S/C21H23N5O3/c1-15-4-3-5-18(22-15)21(27)26-12-10-25(11-13-26)14-19-23-20(24-29-19)16-6-8-17(28-2)9-7-16/h3-9H,10-14H2,1-2H3. The molecule has 1 aliphatic heterocycles. The van der Waals surface area contributed by atoms with Crippen molar-refractivity contribution in [1.29, 1.82) is 0 Å². The van der Waals surface area contributed by atoms with Crippen molar-refractivity contribution in [3.63, 3.8) is 0 Å². The van der Waals surface area contributed by atoms with E-state index in [1.54, 1.807) is 13.2 Å². The third-order valence-corrected chi connectivity index (χ3v) is 4.94. The first-order valence-electron chi connectivity index (χ1n) is 9.54. The van der Waals surface area contributed by atoms with Gasteiger partial charge in [0.1, 0.15) is 11.4 Å². The molecule has 0 saturated carbocycles. The van der Waals surface area contributed by atoms with E-state index in [9.17, 15) is 4.79 Å². The number of pyridine rings is 1. The highest BCUT2D eigenvalue weighted by molar-refractivity contribution is 5.92. The van der Waals surface area contributed by atoms with Gasteiger partial charge in [-0.25, -0.2) is 4.98 Å². The van der Waals surface area contributed by atoms with E-state index in [2.05, 4.69) is 20.0 Å². The van der Waals surface area contributed by atoms with Crippen LogP contribution in [-0.2, 0) is 6.54 Å². The zero-order valence-electron chi connectivity index (χ0n) is 16.5. The second kappa shape index (κ2) is 8.40. The van der Waals surface area contributed by atoms with Gasteiger partial charge in [0.05, 0.1) is 13.7 Å². The summed E-state index contributed by atoms with van der Waals surface area (Å²) in [6.45, 7) is 5.24. The van der Waals surface area contributed by atoms with Crippen LogP contribution in [-0.4, -0.2) is 64.1 Å². The number of nitrogens with zero attached hydrogens (tertiary/aromatic N) is 5. The average molecular weight is 393 g/mol. The minimum absolute atomic E-state index is 0.0204. The van der Waals surface area contributed by atoms with Crippen LogP contribution in [0.1, 0.15) is 22.1 Å². The van der Waals surface area contributed by atoms with Crippen molar-refractivity contribution in [3.8, 4) is 17.1 Å². The van der Waals surface area contributed by atoms with Crippen LogP contribution in [0.25, 0.3) is 11.4 Å². The van der Waals surface area contributed by atoms with E-state index in [0.29, 0.717) is 37.0 Å². The first kappa shape index (κ1) is 19.1. The third-order valence-electron chi connectivity index (χ3n) is 4.94. The molecule has 0 radical (unpaired) electrons. The molecule has 8 nitrogen and oxygen atoms in total. The van der Waals surface area contributed by atoms with Crippen LogP contribution in [0.4, 0.5) is 0 Å². The van der Waals surface area contributed by atoms with Crippen LogP contribution in [0.3, 0.4) is 0 Å². The molecule has 29 heavy (non-hydrogen) atoms. The van der Waals surface area contributed by atoms with Crippen molar-refractivity contribution >= 4 is 5.91 Å². The predicted octanol–water partition coefficient (Wildman–Crippen LogP) is 2.41. The number of amides is 1. The number of methoxy groups -OCH3 is 1. The van der Waals surface area contributed by atoms with E-state index < -0.39 is 0 Å². The Kier molecular flexibility index (Phi) is 5.53. The molecule has 0 spiro atoms. The van der Waals surface area contributed by atoms with Gasteiger partial charge in [0.2, 0.25) is 11.7 Å². The first-order chi connectivity index (χ1) is 14.1. The fourth-order valence-electron chi connectivity index (χ4n) is 3.30. The molecule has 0 atom stereocenters. The highest BCUT2D eigenvalue weighted by atomic mass is 16.5. The summed E-state index contributed by atoms with van der Waals surface area (Å²) < 4.78 is 10.6. The molecule has 0 aliphatic carbocycles. The van der Waals surface area contributed by atoms with Gasteiger partial charge in [-0.2, -0.15) is 4.98 Å². The molecule has 0 bridgehead atoms. The Morgan fingerprint density at radius 3 is 2.52 bits per heavy atom. The van der Waals surface area contributed by atoms with Crippen LogP contribution >= 0.6 is 0 Å². The molecule has 150 valence electrons. The SMILES string of the molecule is COc1ccc(-c2noc(CN3CCN(C(=O)c4cccc(C)n4)CC3)n2)cc1. The average Bonchev–Trinajstić information content (AvgIpc) is 3.22. The summed E-state index contributed by atoms with van der Waals surface area (Å²) in [5.41, 5.74) is 2.22. The van der Waals surface area contributed by atoms with E-state index in [1.807, 2.05) is 48.2 Å². The fourth-order valence-corrected chi connectivity index (χ4v) is 3.30. The fraction of sp³-hybridized carbons (Fsp3) is 0.333. The Hall–Kier alpha value is -3.26. The van der Waals surface area contributed by atoms with E-state index in [-0.39, 0.29) is 5.91 Å². The number of hydrogen-bond acceptors (Lipinski definition) is 7. The van der Waals surface area contributed by atoms with Gasteiger partial charge in [-0.15, -0.1) is 0 Å². The van der Waals surface area contributed by atoms with E-state index in [0.717, 1.165) is 30.1 Å². The minimum Gasteiger partial charge on any atom is -0.497 e. The lowest BCUT2D eigenvalue weighted by Gasteiger charge is -2.33. The van der Waals surface area contributed by atoms with Gasteiger partial charge in [-0.05, 0) is 43.3 Å². The molecule has 0 unspecified atom stereocenters. The number of rotatable bonds is 5. The lowest BCUT2D eigenvalue weighted by atomic mass is 10.2. The van der Waals surface area contributed by atoms with Crippen LogP contribution < -0.4 is 4.74 Å². The Morgan fingerprint density at radius 1 is 1.07 bits per heavy atom. The molecular weight excluding hydrogens is 370 g/mol. The smallest absolute Gasteiger partial charge is 0.272 e. The van der Waals surface area contributed by atoms with E-state index in [4.69, 9.17) is 9.26 Å². The zero-order chi connectivity index (χ0) is 20.2. The normalized spacial score (nSPS) is 14.8. The Labute approximate surface area is 169 Å². The van der Waals surface area contributed by atoms with Gasteiger partial charge in [-0.3, -0.25) is 9.69 Å². The summed E-state index contributed by atoms with van der Waals surface area (Å²) in [5, 5.41) is 4.07. The van der Waals surface area contributed by atoms with Crippen LogP contribution in [0.5, 0.6) is 5.75 Å². The monoisotopic (exact) mass is 393 g/mol. The molecule has 1 saturated heterocycles. The maximum Gasteiger partial charge on any atom is 0.272 e. The molecule has 3 heterocycles. The van der Waals surface area contributed by atoms with Crippen molar-refractivity contribution in [2.75, 3.05) is 33.3 Å². The number of ether oxygens (including phenoxy) is 1. The Balaban J connectivity index is 1.33. The van der Waals surface area contributed by atoms with Gasteiger partial charge in [0.15, 0.2) is 0 Å². The zero-order valence-corrected chi connectivity index (χ0v) is 16.5. The Morgan fingerprint density at radius 2 is 1.83 bits per heavy atom. The topological polar surface area (TPSA) is 84.6 Å². The summed E-state index contributed by atoms with van der Waals surface area (Å²) in [5.74, 6) is 1.89. The van der Waals surface area contributed by atoms with Crippen molar-refractivity contribution in [2.24, 2.45) is 0 Å². The summed E-state index contributed by atoms with van der Waals surface area (Å²) in [4.78, 5) is 25.5. The molecule has 8 heteroatoms. The van der Waals surface area contributed by atoms with Crippen molar-refractivity contribution in [3.05, 3.63) is 59.7 Å². The number of benzene rings is 1. The lowest BCUT2D eigenvalue weighted by molar-refractivity contribution is 0.0609. The molecule has 3 aromatic rings. The number of aromatic nitrogens is 3. The lowest BCUT2D eigenvalue weighted by Crippen LogP contribution is -2.48. The maximum absolute atomic E-state index is 12.6. The molecule has 4 rings (SSSR count). The van der Waals surface area contributed by atoms with Crippen molar-refractivity contribution in [1.82, 2.24) is 24.9 Å². The van der Waals surface area contributed by atoms with Gasteiger partial charge in [0.25, 0.3) is 5.91 Å². The van der Waals surface area contributed by atoms with Gasteiger partial charge in [0, 0.05) is 37.4 Å². The van der Waals surface area contributed by atoms with Crippen molar-refractivity contribution in [2.45, 2.75) is 13.5 Å².